The average Bonchev–Trinajstić information content (AvgIpc) is 2.71. The molecule has 2 aliphatic heterocycles. The van der Waals surface area contributed by atoms with E-state index < -0.39 is 12.4 Å². The summed E-state index contributed by atoms with van der Waals surface area (Å²) < 4.78 is 52.0. The van der Waals surface area contributed by atoms with Crippen molar-refractivity contribution < 1.29 is 22.6 Å². The van der Waals surface area contributed by atoms with Crippen molar-refractivity contribution >= 4 is 23.1 Å². The number of rotatable bonds is 5. The molecule has 1 atom stereocenters. The molecule has 0 bridgehead atoms. The summed E-state index contributed by atoms with van der Waals surface area (Å²) >= 11 is 6.65. The predicted octanol–water partition coefficient (Wildman–Crippen LogP) is 4.67. The third kappa shape index (κ3) is 4.11. The SMILES string of the molecule is C=C1N=C(N(C)C)c2cc(Cl)c(-c3c(F)cccc3OC(F)F)c3c2N1C(CN(C)C)CO3. The summed E-state index contributed by atoms with van der Waals surface area (Å²) in [4.78, 5) is 10.4. The zero-order valence-corrected chi connectivity index (χ0v) is 19.5. The quantitative estimate of drug-likeness (QED) is 0.622. The number of benzene rings is 2. The van der Waals surface area contributed by atoms with Crippen LogP contribution in [0.4, 0.5) is 18.9 Å². The van der Waals surface area contributed by atoms with Crippen molar-refractivity contribution in [2.45, 2.75) is 12.7 Å². The maximum Gasteiger partial charge on any atom is 0.387 e. The predicted molar refractivity (Wildman–Crippen MR) is 123 cm³/mol. The Morgan fingerprint density at radius 2 is 2.00 bits per heavy atom. The smallest absolute Gasteiger partial charge is 0.387 e. The summed E-state index contributed by atoms with van der Waals surface area (Å²) in [6.07, 6.45) is 0. The fourth-order valence-electron chi connectivity index (χ4n) is 4.25. The third-order valence-electron chi connectivity index (χ3n) is 5.43. The molecule has 0 spiro atoms. The Kier molecular flexibility index (Phi) is 6.20. The average molecular weight is 481 g/mol. The van der Waals surface area contributed by atoms with E-state index in [1.807, 2.05) is 42.9 Å². The molecule has 0 aromatic heterocycles. The number of aliphatic imine (C=N–C) groups is 1. The van der Waals surface area contributed by atoms with Gasteiger partial charge in [0, 0.05) is 26.2 Å². The molecule has 0 amide bonds. The minimum atomic E-state index is -3.13. The van der Waals surface area contributed by atoms with Crippen LogP contribution in [-0.2, 0) is 0 Å². The number of hydrogen-bond donors (Lipinski definition) is 0. The van der Waals surface area contributed by atoms with Gasteiger partial charge in [0.1, 0.15) is 29.8 Å². The van der Waals surface area contributed by atoms with Crippen LogP contribution in [0.1, 0.15) is 5.56 Å². The Hall–Kier alpha value is -2.91. The minimum Gasteiger partial charge on any atom is -0.488 e. The van der Waals surface area contributed by atoms with Gasteiger partial charge in [0.15, 0.2) is 5.75 Å². The van der Waals surface area contributed by atoms with Crippen LogP contribution in [0, 0.1) is 5.82 Å². The summed E-state index contributed by atoms with van der Waals surface area (Å²) in [5.41, 5.74) is 1.24. The number of likely N-dealkylation sites (N-methyl/N-ethyl adjacent to an activating group) is 1. The second kappa shape index (κ2) is 8.79. The first kappa shape index (κ1) is 23.3. The molecule has 6 nitrogen and oxygen atoms in total. The van der Waals surface area contributed by atoms with Crippen molar-refractivity contribution in [3.63, 3.8) is 0 Å². The topological polar surface area (TPSA) is 40.5 Å². The molecule has 2 aliphatic rings. The molecule has 10 heteroatoms. The zero-order chi connectivity index (χ0) is 24.0. The lowest BCUT2D eigenvalue weighted by atomic mass is 9.95. The van der Waals surface area contributed by atoms with Crippen LogP contribution in [0.2, 0.25) is 5.02 Å². The van der Waals surface area contributed by atoms with Crippen LogP contribution in [0.3, 0.4) is 0 Å². The highest BCUT2D eigenvalue weighted by Gasteiger charge is 2.40. The molecule has 2 heterocycles. The van der Waals surface area contributed by atoms with Crippen molar-refractivity contribution in [2.75, 3.05) is 46.2 Å². The van der Waals surface area contributed by atoms with E-state index in [-0.39, 0.29) is 40.3 Å². The van der Waals surface area contributed by atoms with E-state index in [0.29, 0.717) is 29.5 Å². The van der Waals surface area contributed by atoms with E-state index in [0.717, 1.165) is 6.07 Å². The zero-order valence-electron chi connectivity index (χ0n) is 18.7. The lowest BCUT2D eigenvalue weighted by Gasteiger charge is -2.44. The van der Waals surface area contributed by atoms with Crippen LogP contribution < -0.4 is 14.4 Å². The largest absolute Gasteiger partial charge is 0.488 e. The molecule has 0 saturated carbocycles. The molecular formula is C23H24ClF3N4O2. The lowest BCUT2D eigenvalue weighted by molar-refractivity contribution is -0.0495. The Morgan fingerprint density at radius 3 is 2.64 bits per heavy atom. The highest BCUT2D eigenvalue weighted by Crippen LogP contribution is 2.53. The Bertz CT molecular complexity index is 1140. The summed E-state index contributed by atoms with van der Waals surface area (Å²) in [6, 6.07) is 5.25. The summed E-state index contributed by atoms with van der Waals surface area (Å²) in [5.74, 6) is 0.283. The molecule has 33 heavy (non-hydrogen) atoms. The highest BCUT2D eigenvalue weighted by atomic mass is 35.5. The van der Waals surface area contributed by atoms with Crippen LogP contribution in [0.25, 0.3) is 11.1 Å². The number of amidine groups is 1. The van der Waals surface area contributed by atoms with Gasteiger partial charge in [-0.05, 0) is 32.3 Å². The summed E-state index contributed by atoms with van der Waals surface area (Å²) in [6.45, 7) is 1.88. The fourth-order valence-corrected chi connectivity index (χ4v) is 4.54. The van der Waals surface area contributed by atoms with Gasteiger partial charge in [0.2, 0.25) is 0 Å². The van der Waals surface area contributed by atoms with Gasteiger partial charge in [0.25, 0.3) is 0 Å². The van der Waals surface area contributed by atoms with E-state index in [1.165, 1.54) is 12.1 Å². The minimum absolute atomic E-state index is 0.126. The molecular weight excluding hydrogens is 457 g/mol. The van der Waals surface area contributed by atoms with Gasteiger partial charge in [0.05, 0.1) is 27.9 Å². The molecule has 1 unspecified atom stereocenters. The van der Waals surface area contributed by atoms with Crippen LogP contribution in [-0.4, -0.2) is 69.6 Å². The van der Waals surface area contributed by atoms with Crippen molar-refractivity contribution in [2.24, 2.45) is 4.99 Å². The first-order valence-corrected chi connectivity index (χ1v) is 10.6. The van der Waals surface area contributed by atoms with Gasteiger partial charge in [-0.2, -0.15) is 8.78 Å². The maximum absolute atomic E-state index is 15.1. The molecule has 2 aromatic rings. The molecule has 0 N–H and O–H groups in total. The Morgan fingerprint density at radius 1 is 1.27 bits per heavy atom. The van der Waals surface area contributed by atoms with Gasteiger partial charge in [-0.1, -0.05) is 24.2 Å². The van der Waals surface area contributed by atoms with Gasteiger partial charge in [-0.25, -0.2) is 9.38 Å². The monoisotopic (exact) mass is 480 g/mol. The first-order valence-electron chi connectivity index (χ1n) is 10.2. The Balaban J connectivity index is 2.01. The van der Waals surface area contributed by atoms with Gasteiger partial charge in [-0.15, -0.1) is 0 Å². The summed E-state index contributed by atoms with van der Waals surface area (Å²) in [7, 11) is 7.56. The standard InChI is InChI=1S/C23H24ClF3N4O2/c1-12-28-22(30(4)5)14-9-15(24)18(19-16(25)7-6-8-17(19)33-23(26)27)21-20(14)31(12)13(11-32-21)10-29(2)3/h6-9,13,23H,1,10-11H2,2-5H3. The molecule has 0 fully saturated rings. The molecule has 0 saturated heterocycles. The third-order valence-corrected chi connectivity index (χ3v) is 5.73. The Labute approximate surface area is 195 Å². The summed E-state index contributed by atoms with van der Waals surface area (Å²) in [5, 5.41) is 0.126. The fraction of sp³-hybridized carbons (Fsp3) is 0.348. The molecule has 0 radical (unpaired) electrons. The van der Waals surface area contributed by atoms with Crippen LogP contribution in [0.5, 0.6) is 11.5 Å². The lowest BCUT2D eigenvalue weighted by Crippen LogP contribution is -2.50. The maximum atomic E-state index is 15.1. The van der Waals surface area contributed by atoms with E-state index >= 15 is 4.39 Å². The number of ether oxygens (including phenoxy) is 2. The number of halogens is 4. The van der Waals surface area contributed by atoms with E-state index in [4.69, 9.17) is 16.3 Å². The normalized spacial score (nSPS) is 17.2. The molecule has 2 aromatic carbocycles. The van der Waals surface area contributed by atoms with Crippen molar-refractivity contribution in [1.82, 2.24) is 9.80 Å². The van der Waals surface area contributed by atoms with Crippen LogP contribution in [0.15, 0.2) is 41.7 Å². The molecule has 0 aliphatic carbocycles. The second-order valence-electron chi connectivity index (χ2n) is 8.29. The molecule has 176 valence electrons. The highest BCUT2D eigenvalue weighted by molar-refractivity contribution is 6.35. The van der Waals surface area contributed by atoms with Gasteiger partial charge < -0.3 is 24.2 Å². The van der Waals surface area contributed by atoms with Gasteiger partial charge in [-0.3, -0.25) is 0 Å². The number of hydrogen-bond acceptors (Lipinski definition) is 6. The van der Waals surface area contributed by atoms with Crippen molar-refractivity contribution in [1.29, 1.82) is 0 Å². The van der Waals surface area contributed by atoms with Crippen LogP contribution >= 0.6 is 11.6 Å². The first-order chi connectivity index (χ1) is 15.6. The van der Waals surface area contributed by atoms with E-state index in [9.17, 15) is 8.78 Å². The number of anilines is 1. The van der Waals surface area contributed by atoms with Crippen molar-refractivity contribution in [3.05, 3.63) is 53.1 Å². The van der Waals surface area contributed by atoms with E-state index in [1.54, 1.807) is 6.07 Å². The van der Waals surface area contributed by atoms with Crippen molar-refractivity contribution in [3.8, 4) is 22.6 Å². The van der Waals surface area contributed by atoms with E-state index in [2.05, 4.69) is 16.3 Å². The molecule has 4 rings (SSSR count). The number of alkyl halides is 2. The number of nitrogens with zero attached hydrogens (tertiary/aromatic N) is 4. The van der Waals surface area contributed by atoms with Gasteiger partial charge >= 0.3 is 6.61 Å². The second-order valence-corrected chi connectivity index (χ2v) is 8.70.